The average Bonchev–Trinajstić information content (AvgIpc) is 2.71. The molecule has 6 heteroatoms. The normalized spacial score (nSPS) is 10.3. The van der Waals surface area contributed by atoms with E-state index in [1.807, 2.05) is 0 Å². The Morgan fingerprint density at radius 2 is 2.17 bits per heavy atom. The zero-order valence-corrected chi connectivity index (χ0v) is 11.3. The second kappa shape index (κ2) is 7.81. The molecule has 0 aliphatic heterocycles. The van der Waals surface area contributed by atoms with Crippen LogP contribution < -0.4 is 5.32 Å². The van der Waals surface area contributed by atoms with Gasteiger partial charge in [0.2, 0.25) is 5.91 Å². The molecule has 0 aliphatic carbocycles. The van der Waals surface area contributed by atoms with Crippen LogP contribution in [0, 0.1) is 0 Å². The van der Waals surface area contributed by atoms with Gasteiger partial charge in [-0.1, -0.05) is 26.2 Å². The molecule has 2 N–H and O–H groups in total. The van der Waals surface area contributed by atoms with E-state index in [-0.39, 0.29) is 12.3 Å². The zero-order valence-electron chi connectivity index (χ0n) is 10.4. The fraction of sp³-hybridized carbons (Fsp3) is 0.583. The topological polar surface area (TPSA) is 79.3 Å². The molecule has 0 unspecified atom stereocenters. The Kier molecular flexibility index (Phi) is 6.35. The third-order valence-electron chi connectivity index (χ3n) is 2.39. The number of anilines is 1. The van der Waals surface area contributed by atoms with Crippen molar-refractivity contribution in [3.8, 4) is 0 Å². The molecule has 5 nitrogen and oxygen atoms in total. The van der Waals surface area contributed by atoms with Crippen molar-refractivity contribution in [3.05, 3.63) is 11.1 Å². The SMILES string of the molecule is CCCCCCC(=O)Nc1nc(CC(=O)O)cs1. The van der Waals surface area contributed by atoms with Gasteiger partial charge in [-0.2, -0.15) is 0 Å². The number of hydrogen-bond acceptors (Lipinski definition) is 4. The number of unbranched alkanes of at least 4 members (excludes halogenated alkanes) is 3. The van der Waals surface area contributed by atoms with Gasteiger partial charge in [0.25, 0.3) is 0 Å². The van der Waals surface area contributed by atoms with Crippen LogP contribution in [0.4, 0.5) is 5.13 Å². The first-order valence-corrected chi connectivity index (χ1v) is 6.95. The van der Waals surface area contributed by atoms with Crippen LogP contribution in [0.5, 0.6) is 0 Å². The first-order chi connectivity index (χ1) is 8.61. The van der Waals surface area contributed by atoms with Crippen LogP contribution in [-0.2, 0) is 16.0 Å². The lowest BCUT2D eigenvalue weighted by Gasteiger charge is -2.01. The molecule has 0 fully saturated rings. The van der Waals surface area contributed by atoms with Gasteiger partial charge in [-0.25, -0.2) is 4.98 Å². The summed E-state index contributed by atoms with van der Waals surface area (Å²) in [6.07, 6.45) is 4.62. The third kappa shape index (κ3) is 5.77. The summed E-state index contributed by atoms with van der Waals surface area (Å²) >= 11 is 1.26. The number of aliphatic carboxylic acids is 1. The van der Waals surface area contributed by atoms with Crippen molar-refractivity contribution in [2.24, 2.45) is 0 Å². The number of thiazole rings is 1. The first-order valence-electron chi connectivity index (χ1n) is 6.08. The molecule has 1 aromatic rings. The van der Waals surface area contributed by atoms with Crippen molar-refractivity contribution >= 4 is 28.3 Å². The van der Waals surface area contributed by atoms with Crippen LogP contribution >= 0.6 is 11.3 Å². The van der Waals surface area contributed by atoms with Crippen molar-refractivity contribution in [2.45, 2.75) is 45.4 Å². The molecule has 1 aromatic heterocycles. The summed E-state index contributed by atoms with van der Waals surface area (Å²) in [6, 6.07) is 0. The highest BCUT2D eigenvalue weighted by molar-refractivity contribution is 7.13. The van der Waals surface area contributed by atoms with Gasteiger partial charge in [0.15, 0.2) is 5.13 Å². The Labute approximate surface area is 110 Å². The predicted molar refractivity (Wildman–Crippen MR) is 70.8 cm³/mol. The largest absolute Gasteiger partial charge is 0.481 e. The number of aromatic nitrogens is 1. The van der Waals surface area contributed by atoms with E-state index >= 15 is 0 Å². The number of carbonyl (C=O) groups excluding carboxylic acids is 1. The van der Waals surface area contributed by atoms with E-state index in [4.69, 9.17) is 5.11 Å². The lowest BCUT2D eigenvalue weighted by Crippen LogP contribution is -2.11. The Morgan fingerprint density at radius 1 is 1.39 bits per heavy atom. The van der Waals surface area contributed by atoms with Gasteiger partial charge < -0.3 is 10.4 Å². The van der Waals surface area contributed by atoms with Crippen LogP contribution in [0.1, 0.15) is 44.7 Å². The van der Waals surface area contributed by atoms with E-state index in [1.54, 1.807) is 5.38 Å². The van der Waals surface area contributed by atoms with Crippen LogP contribution in [-0.4, -0.2) is 22.0 Å². The van der Waals surface area contributed by atoms with Gasteiger partial charge in [-0.3, -0.25) is 9.59 Å². The lowest BCUT2D eigenvalue weighted by molar-refractivity contribution is -0.136. The summed E-state index contributed by atoms with van der Waals surface area (Å²) < 4.78 is 0. The number of carboxylic acid groups (broad SMARTS) is 1. The monoisotopic (exact) mass is 270 g/mol. The first kappa shape index (κ1) is 14.6. The summed E-state index contributed by atoms with van der Waals surface area (Å²) in [4.78, 5) is 26.1. The Hall–Kier alpha value is -1.43. The minimum atomic E-state index is -0.919. The van der Waals surface area contributed by atoms with E-state index in [0.717, 1.165) is 25.7 Å². The third-order valence-corrected chi connectivity index (χ3v) is 3.19. The maximum Gasteiger partial charge on any atom is 0.309 e. The average molecular weight is 270 g/mol. The number of amides is 1. The molecule has 1 rings (SSSR count). The van der Waals surface area contributed by atoms with E-state index < -0.39 is 5.97 Å². The molecule has 1 amide bonds. The predicted octanol–water partition coefficient (Wildman–Crippen LogP) is 2.68. The minimum Gasteiger partial charge on any atom is -0.481 e. The van der Waals surface area contributed by atoms with Gasteiger partial charge in [0.1, 0.15) is 0 Å². The van der Waals surface area contributed by atoms with E-state index in [9.17, 15) is 9.59 Å². The van der Waals surface area contributed by atoms with Crippen LogP contribution in [0.15, 0.2) is 5.38 Å². The zero-order chi connectivity index (χ0) is 13.4. The highest BCUT2D eigenvalue weighted by Crippen LogP contribution is 2.16. The Morgan fingerprint density at radius 3 is 2.83 bits per heavy atom. The van der Waals surface area contributed by atoms with Crippen molar-refractivity contribution < 1.29 is 14.7 Å². The standard InChI is InChI=1S/C12H18N2O3S/c1-2-3-4-5-6-10(15)14-12-13-9(8-18-12)7-11(16)17/h8H,2-7H2,1H3,(H,16,17)(H,13,14,15). The number of nitrogens with zero attached hydrogens (tertiary/aromatic N) is 1. The molecule has 18 heavy (non-hydrogen) atoms. The van der Waals surface area contributed by atoms with Gasteiger partial charge >= 0.3 is 5.97 Å². The second-order valence-electron chi connectivity index (χ2n) is 4.07. The van der Waals surface area contributed by atoms with E-state index in [1.165, 1.54) is 11.3 Å². The van der Waals surface area contributed by atoms with Crippen molar-refractivity contribution in [3.63, 3.8) is 0 Å². The number of carboxylic acids is 1. The smallest absolute Gasteiger partial charge is 0.309 e. The molecule has 0 atom stereocenters. The molecule has 1 heterocycles. The molecule has 0 aromatic carbocycles. The van der Waals surface area contributed by atoms with Crippen LogP contribution in [0.2, 0.25) is 0 Å². The summed E-state index contributed by atoms with van der Waals surface area (Å²) in [6.45, 7) is 2.12. The quantitative estimate of drug-likeness (QED) is 0.712. The van der Waals surface area contributed by atoms with Gasteiger partial charge in [-0.15, -0.1) is 11.3 Å². The maximum absolute atomic E-state index is 11.5. The lowest BCUT2D eigenvalue weighted by atomic mass is 10.1. The number of carbonyl (C=O) groups is 2. The molecule has 100 valence electrons. The summed E-state index contributed by atoms with van der Waals surface area (Å²) in [5.41, 5.74) is 0.480. The van der Waals surface area contributed by atoms with E-state index in [2.05, 4.69) is 17.2 Å². The Bertz CT molecular complexity index is 404. The summed E-state index contributed by atoms with van der Waals surface area (Å²) in [5.74, 6) is -0.972. The molecule has 0 spiro atoms. The molecular weight excluding hydrogens is 252 g/mol. The van der Waals surface area contributed by atoms with Gasteiger partial charge in [0.05, 0.1) is 12.1 Å². The summed E-state index contributed by atoms with van der Waals surface area (Å²) in [7, 11) is 0. The highest BCUT2D eigenvalue weighted by atomic mass is 32.1. The van der Waals surface area contributed by atoms with Crippen molar-refractivity contribution in [2.75, 3.05) is 5.32 Å². The molecule has 0 bridgehead atoms. The summed E-state index contributed by atoms with van der Waals surface area (Å²) in [5, 5.41) is 13.4. The van der Waals surface area contributed by atoms with E-state index in [0.29, 0.717) is 17.2 Å². The van der Waals surface area contributed by atoms with Gasteiger partial charge in [-0.05, 0) is 6.42 Å². The van der Waals surface area contributed by atoms with Crippen molar-refractivity contribution in [1.29, 1.82) is 0 Å². The fourth-order valence-electron chi connectivity index (χ4n) is 1.49. The fourth-order valence-corrected chi connectivity index (χ4v) is 2.22. The molecule has 0 saturated heterocycles. The second-order valence-corrected chi connectivity index (χ2v) is 4.93. The molecule has 0 aliphatic rings. The van der Waals surface area contributed by atoms with Crippen LogP contribution in [0.25, 0.3) is 0 Å². The van der Waals surface area contributed by atoms with Gasteiger partial charge in [0, 0.05) is 11.8 Å². The molecule has 0 saturated carbocycles. The number of nitrogens with one attached hydrogen (secondary N) is 1. The highest BCUT2D eigenvalue weighted by Gasteiger charge is 2.08. The Balaban J connectivity index is 2.31. The van der Waals surface area contributed by atoms with Crippen LogP contribution in [0.3, 0.4) is 0 Å². The minimum absolute atomic E-state index is 0.0534. The number of rotatable bonds is 8. The molecule has 0 radical (unpaired) electrons. The number of hydrogen-bond donors (Lipinski definition) is 2. The molecular formula is C12H18N2O3S. The maximum atomic E-state index is 11.5. The van der Waals surface area contributed by atoms with Crippen molar-refractivity contribution in [1.82, 2.24) is 4.98 Å².